The highest BCUT2D eigenvalue weighted by Crippen LogP contribution is 2.38. The minimum absolute atomic E-state index is 0.0652. The number of carbonyl (C=O) groups excluding carboxylic acids is 1. The van der Waals surface area contributed by atoms with Crippen LogP contribution in [0, 0.1) is 5.82 Å². The topological polar surface area (TPSA) is 78.1 Å². The molecule has 0 aliphatic heterocycles. The number of hydrogen-bond acceptors (Lipinski definition) is 6. The largest absolute Gasteiger partial charge is 0.493 e. The highest BCUT2D eigenvalue weighted by molar-refractivity contribution is 5.92. The van der Waals surface area contributed by atoms with Gasteiger partial charge in [-0.05, 0) is 36.9 Å². The number of rotatable bonds is 9. The Morgan fingerprint density at radius 2 is 1.67 bits per heavy atom. The Balaban J connectivity index is 2.11. The summed E-state index contributed by atoms with van der Waals surface area (Å²) in [6.07, 6.45) is 0. The van der Waals surface area contributed by atoms with Crippen LogP contribution in [0.25, 0.3) is 0 Å². The molecule has 2 aromatic rings. The van der Waals surface area contributed by atoms with Crippen molar-refractivity contribution in [3.63, 3.8) is 0 Å². The van der Waals surface area contributed by atoms with Gasteiger partial charge < -0.3 is 29.6 Å². The van der Waals surface area contributed by atoms with Crippen molar-refractivity contribution in [3.05, 3.63) is 41.7 Å². The van der Waals surface area contributed by atoms with Gasteiger partial charge in [-0.1, -0.05) is 0 Å². The number of carbonyl (C=O) groups is 1. The van der Waals surface area contributed by atoms with Crippen molar-refractivity contribution in [2.45, 2.75) is 6.61 Å². The number of anilines is 1. The smallest absolute Gasteiger partial charge is 0.238 e. The average Bonchev–Trinajstić information content (AvgIpc) is 2.66. The fourth-order valence-electron chi connectivity index (χ4n) is 2.44. The summed E-state index contributed by atoms with van der Waals surface area (Å²) in [5, 5.41) is 5.30. The number of likely N-dealkylation sites (N-methyl/N-ethyl adjacent to an activating group) is 1. The molecule has 0 radical (unpaired) electrons. The number of hydrogen-bond donors (Lipinski definition) is 2. The predicted molar refractivity (Wildman–Crippen MR) is 99.4 cm³/mol. The second-order valence-corrected chi connectivity index (χ2v) is 5.55. The van der Waals surface area contributed by atoms with Crippen molar-refractivity contribution in [1.82, 2.24) is 5.32 Å². The van der Waals surface area contributed by atoms with Gasteiger partial charge in [-0.15, -0.1) is 0 Å². The Bertz CT molecular complexity index is 773. The molecule has 2 rings (SSSR count). The molecule has 0 unspecified atom stereocenters. The first kappa shape index (κ1) is 20.3. The minimum Gasteiger partial charge on any atom is -0.493 e. The Labute approximate surface area is 157 Å². The fourth-order valence-corrected chi connectivity index (χ4v) is 2.44. The number of nitrogens with one attached hydrogen (secondary N) is 2. The highest BCUT2D eigenvalue weighted by Gasteiger charge is 2.14. The third kappa shape index (κ3) is 5.24. The van der Waals surface area contributed by atoms with Crippen LogP contribution in [0.5, 0.6) is 23.0 Å². The first-order chi connectivity index (χ1) is 13.0. The van der Waals surface area contributed by atoms with Crippen LogP contribution in [0.1, 0.15) is 5.56 Å². The van der Waals surface area contributed by atoms with Gasteiger partial charge in [0.25, 0.3) is 0 Å². The molecule has 7 nitrogen and oxygen atoms in total. The van der Waals surface area contributed by atoms with E-state index < -0.39 is 5.82 Å². The molecular formula is C19H23FN2O5. The molecule has 0 saturated heterocycles. The number of ether oxygens (including phenoxy) is 4. The average molecular weight is 378 g/mol. The summed E-state index contributed by atoms with van der Waals surface area (Å²) in [5.74, 6) is 0.664. The number of methoxy groups -OCH3 is 3. The number of benzene rings is 2. The molecule has 27 heavy (non-hydrogen) atoms. The molecule has 2 aromatic carbocycles. The summed E-state index contributed by atoms with van der Waals surface area (Å²) in [4.78, 5) is 11.5. The van der Waals surface area contributed by atoms with Gasteiger partial charge in [-0.25, -0.2) is 4.39 Å². The molecule has 0 aliphatic carbocycles. The van der Waals surface area contributed by atoms with Crippen LogP contribution in [0.4, 0.5) is 10.1 Å². The van der Waals surface area contributed by atoms with Gasteiger partial charge >= 0.3 is 0 Å². The Hall–Kier alpha value is -3.00. The van der Waals surface area contributed by atoms with Gasteiger partial charge in [0.05, 0.1) is 27.9 Å². The monoisotopic (exact) mass is 378 g/mol. The van der Waals surface area contributed by atoms with E-state index in [9.17, 15) is 9.18 Å². The molecule has 8 heteroatoms. The van der Waals surface area contributed by atoms with E-state index in [1.165, 1.54) is 33.5 Å². The molecule has 2 N–H and O–H groups in total. The zero-order valence-electron chi connectivity index (χ0n) is 15.7. The maximum Gasteiger partial charge on any atom is 0.238 e. The molecule has 0 aromatic heterocycles. The molecule has 0 bridgehead atoms. The SMILES string of the molecule is CNCC(=O)Nc1ccc(OCc2cc(OC)c(OC)c(OC)c2)c(F)c1. The van der Waals surface area contributed by atoms with Gasteiger partial charge in [0.2, 0.25) is 11.7 Å². The first-order valence-electron chi connectivity index (χ1n) is 8.18. The lowest BCUT2D eigenvalue weighted by Gasteiger charge is -2.15. The van der Waals surface area contributed by atoms with E-state index in [2.05, 4.69) is 10.6 Å². The van der Waals surface area contributed by atoms with Gasteiger partial charge in [-0.3, -0.25) is 4.79 Å². The molecular weight excluding hydrogens is 355 g/mol. The molecule has 0 atom stereocenters. The van der Waals surface area contributed by atoms with E-state index in [0.717, 1.165) is 5.56 Å². The van der Waals surface area contributed by atoms with Crippen LogP contribution in [0.3, 0.4) is 0 Å². The summed E-state index contributed by atoms with van der Waals surface area (Å²) >= 11 is 0. The Kier molecular flexibility index (Phi) is 7.25. The molecule has 146 valence electrons. The predicted octanol–water partition coefficient (Wildman–Crippen LogP) is 2.59. The molecule has 0 fully saturated rings. The zero-order chi connectivity index (χ0) is 19.8. The number of halogens is 1. The summed E-state index contributed by atoms with van der Waals surface area (Å²) in [7, 11) is 6.20. The van der Waals surface area contributed by atoms with Crippen molar-refractivity contribution >= 4 is 11.6 Å². The maximum absolute atomic E-state index is 14.2. The van der Waals surface area contributed by atoms with Crippen molar-refractivity contribution in [1.29, 1.82) is 0 Å². The second-order valence-electron chi connectivity index (χ2n) is 5.55. The highest BCUT2D eigenvalue weighted by atomic mass is 19.1. The summed E-state index contributed by atoms with van der Waals surface area (Å²) < 4.78 is 35.6. The van der Waals surface area contributed by atoms with Crippen LogP contribution < -0.4 is 29.6 Å². The van der Waals surface area contributed by atoms with E-state index >= 15 is 0 Å². The van der Waals surface area contributed by atoms with Crippen LogP contribution in [0.2, 0.25) is 0 Å². The van der Waals surface area contributed by atoms with E-state index in [1.807, 2.05) is 0 Å². The lowest BCUT2D eigenvalue weighted by atomic mass is 10.2. The first-order valence-corrected chi connectivity index (χ1v) is 8.18. The van der Waals surface area contributed by atoms with Gasteiger partial charge in [-0.2, -0.15) is 0 Å². The van der Waals surface area contributed by atoms with E-state index in [-0.39, 0.29) is 24.8 Å². The van der Waals surface area contributed by atoms with Crippen LogP contribution in [-0.2, 0) is 11.4 Å². The van der Waals surface area contributed by atoms with Crippen molar-refractivity contribution in [2.24, 2.45) is 0 Å². The van der Waals surface area contributed by atoms with E-state index in [4.69, 9.17) is 18.9 Å². The zero-order valence-corrected chi connectivity index (χ0v) is 15.7. The van der Waals surface area contributed by atoms with Crippen LogP contribution >= 0.6 is 0 Å². The van der Waals surface area contributed by atoms with E-state index in [0.29, 0.717) is 22.9 Å². The van der Waals surface area contributed by atoms with Crippen molar-refractivity contribution in [3.8, 4) is 23.0 Å². The Morgan fingerprint density at radius 3 is 2.19 bits per heavy atom. The summed E-state index contributed by atoms with van der Waals surface area (Å²) in [6.45, 7) is 0.236. The van der Waals surface area contributed by atoms with Crippen LogP contribution in [0.15, 0.2) is 30.3 Å². The second kappa shape index (κ2) is 9.63. The third-order valence-electron chi connectivity index (χ3n) is 3.67. The van der Waals surface area contributed by atoms with Gasteiger partial charge in [0.1, 0.15) is 6.61 Å². The third-order valence-corrected chi connectivity index (χ3v) is 3.67. The standard InChI is InChI=1S/C19H23FN2O5/c1-21-10-18(23)22-13-5-6-15(14(20)9-13)27-11-12-7-16(24-2)19(26-4)17(8-12)25-3/h5-9,21H,10-11H2,1-4H3,(H,22,23). The van der Waals surface area contributed by atoms with Crippen LogP contribution in [-0.4, -0.2) is 40.8 Å². The van der Waals surface area contributed by atoms with Gasteiger partial charge in [0, 0.05) is 11.8 Å². The minimum atomic E-state index is -0.579. The number of amides is 1. The maximum atomic E-state index is 14.2. The normalized spacial score (nSPS) is 10.3. The molecule has 1 amide bonds. The lowest BCUT2D eigenvalue weighted by Crippen LogP contribution is -2.25. The Morgan fingerprint density at radius 1 is 1.00 bits per heavy atom. The fraction of sp³-hybridized carbons (Fsp3) is 0.316. The van der Waals surface area contributed by atoms with E-state index in [1.54, 1.807) is 25.2 Å². The van der Waals surface area contributed by atoms with Crippen molar-refractivity contribution < 1.29 is 28.1 Å². The summed E-state index contributed by atoms with van der Waals surface area (Å²) in [6, 6.07) is 7.69. The van der Waals surface area contributed by atoms with Gasteiger partial charge in [0.15, 0.2) is 23.1 Å². The molecule has 0 saturated carbocycles. The lowest BCUT2D eigenvalue weighted by molar-refractivity contribution is -0.115. The molecule has 0 heterocycles. The van der Waals surface area contributed by atoms with Crippen molar-refractivity contribution in [2.75, 3.05) is 40.2 Å². The summed E-state index contributed by atoms with van der Waals surface area (Å²) in [5.41, 5.74) is 1.07. The quantitative estimate of drug-likeness (QED) is 0.698. The molecule has 0 aliphatic rings. The molecule has 0 spiro atoms.